The number of furan rings is 1. The second-order valence-electron chi connectivity index (χ2n) is 5.78. The molecule has 4 heterocycles. The van der Waals surface area contributed by atoms with E-state index in [4.69, 9.17) is 4.42 Å². The van der Waals surface area contributed by atoms with Crippen LogP contribution in [-0.2, 0) is 7.05 Å². The molecule has 1 aliphatic rings. The molecule has 108 valence electrons. The lowest BCUT2D eigenvalue weighted by Crippen LogP contribution is -2.60. The van der Waals surface area contributed by atoms with Crippen LogP contribution in [0.2, 0.25) is 0 Å². The molecule has 0 fully saturated rings. The number of hydrogen-bond donors (Lipinski definition) is 0. The topological polar surface area (TPSA) is 33.2 Å². The molecule has 0 saturated heterocycles. The van der Waals surface area contributed by atoms with E-state index in [0.29, 0.717) is 5.71 Å². The number of hydrogen-bond acceptors (Lipinski definition) is 3. The summed E-state index contributed by atoms with van der Waals surface area (Å²) in [5.41, 5.74) is 4.01. The van der Waals surface area contributed by atoms with Crippen molar-refractivity contribution < 1.29 is 8.98 Å². The summed E-state index contributed by atoms with van der Waals surface area (Å²) in [5.74, 6) is 3.09. The van der Waals surface area contributed by atoms with Gasteiger partial charge in [-0.15, -0.1) is 0 Å². The highest BCUT2D eigenvalue weighted by molar-refractivity contribution is 6.80. The molecule has 0 unspecified atom stereocenters. The Bertz CT molecular complexity index is 900. The monoisotopic (exact) mass is 290 g/mol. The van der Waals surface area contributed by atoms with Gasteiger partial charge >= 0.3 is 6.85 Å². The first-order valence-electron chi connectivity index (χ1n) is 7.41. The number of aryl methyl sites for hydroxylation is 2. The lowest BCUT2D eigenvalue weighted by atomic mass is 9.55. The molecule has 5 heteroatoms. The van der Waals surface area contributed by atoms with E-state index in [1.165, 1.54) is 5.59 Å². The van der Waals surface area contributed by atoms with Crippen LogP contribution < -0.4 is 15.0 Å². The van der Waals surface area contributed by atoms with E-state index in [2.05, 4.69) is 64.9 Å². The van der Waals surface area contributed by atoms with Gasteiger partial charge in [0.1, 0.15) is 7.05 Å². The molecule has 0 radical (unpaired) electrons. The van der Waals surface area contributed by atoms with Gasteiger partial charge in [0.25, 0.3) is 0 Å². The van der Waals surface area contributed by atoms with Gasteiger partial charge in [0.15, 0.2) is 17.7 Å². The third-order valence-corrected chi connectivity index (χ3v) is 4.29. The fourth-order valence-electron chi connectivity index (χ4n) is 3.08. The molecule has 0 aromatic carbocycles. The van der Waals surface area contributed by atoms with Crippen molar-refractivity contribution in [2.24, 2.45) is 7.05 Å². The molecular formula is C17H17BN3O+. The molecule has 0 amide bonds. The van der Waals surface area contributed by atoms with Gasteiger partial charge in [-0.25, -0.2) is 9.55 Å². The molecule has 4 rings (SSSR count). The Labute approximate surface area is 129 Å². The minimum Gasteiger partial charge on any atom is -0.423 e. The summed E-state index contributed by atoms with van der Waals surface area (Å²) in [5, 5.41) is 1.07. The van der Waals surface area contributed by atoms with Crippen molar-refractivity contribution in [1.82, 2.24) is 4.98 Å². The van der Waals surface area contributed by atoms with Crippen molar-refractivity contribution in [3.8, 4) is 0 Å². The Kier molecular flexibility index (Phi) is 2.82. The molecule has 0 bridgehead atoms. The smallest absolute Gasteiger partial charge is 0.398 e. The zero-order chi connectivity index (χ0) is 15.3. The van der Waals surface area contributed by atoms with Crippen LogP contribution in [0.3, 0.4) is 0 Å². The summed E-state index contributed by atoms with van der Waals surface area (Å²) < 4.78 is 8.17. The Morgan fingerprint density at radius 3 is 2.91 bits per heavy atom. The lowest BCUT2D eigenvalue weighted by molar-refractivity contribution is -0.654. The van der Waals surface area contributed by atoms with E-state index in [-0.39, 0.29) is 6.85 Å². The lowest BCUT2D eigenvalue weighted by Gasteiger charge is -2.24. The molecule has 0 saturated carbocycles. The Balaban J connectivity index is 1.86. The largest absolute Gasteiger partial charge is 0.423 e. The number of nitrogens with zero attached hydrogens (tertiary/aromatic N) is 3. The molecule has 0 atom stereocenters. The van der Waals surface area contributed by atoms with E-state index in [1.54, 1.807) is 0 Å². The number of fused-ring (bicyclic) bond motifs is 3. The van der Waals surface area contributed by atoms with Crippen LogP contribution >= 0.6 is 0 Å². The molecule has 0 spiro atoms. The number of pyridine rings is 2. The quantitative estimate of drug-likeness (QED) is 0.506. The molecule has 1 aliphatic heterocycles. The van der Waals surface area contributed by atoms with Crippen LogP contribution in [0.15, 0.2) is 46.9 Å². The maximum atomic E-state index is 6.03. The highest BCUT2D eigenvalue weighted by Crippen LogP contribution is 2.35. The first kappa shape index (κ1) is 13.1. The van der Waals surface area contributed by atoms with Crippen LogP contribution in [0.25, 0.3) is 17.2 Å². The summed E-state index contributed by atoms with van der Waals surface area (Å²) >= 11 is 0. The Hall–Kier alpha value is -2.56. The zero-order valence-electron chi connectivity index (χ0n) is 12.9. The van der Waals surface area contributed by atoms with E-state index >= 15 is 0 Å². The van der Waals surface area contributed by atoms with Gasteiger partial charge in [-0.2, -0.15) is 0 Å². The zero-order valence-corrected chi connectivity index (χ0v) is 12.9. The molecule has 22 heavy (non-hydrogen) atoms. The van der Waals surface area contributed by atoms with E-state index in [9.17, 15) is 0 Å². The van der Waals surface area contributed by atoms with Gasteiger partial charge in [-0.3, -0.25) is 0 Å². The highest BCUT2D eigenvalue weighted by Gasteiger charge is 2.34. The van der Waals surface area contributed by atoms with Crippen molar-refractivity contribution in [2.45, 2.75) is 6.92 Å². The SMILES string of the molecule is Cc1ccc2c3c(oc2n1)N(C)B(c1cccc[n+]1C)C=C3. The average molecular weight is 290 g/mol. The highest BCUT2D eigenvalue weighted by atomic mass is 16.4. The van der Waals surface area contributed by atoms with E-state index in [0.717, 1.165) is 22.5 Å². The van der Waals surface area contributed by atoms with Crippen molar-refractivity contribution in [1.29, 1.82) is 0 Å². The third-order valence-electron chi connectivity index (χ3n) is 4.29. The standard InChI is InChI=1S/C17H17BN3O/c1-12-7-8-13-14-9-10-18(15-6-4-5-11-20(15)2)21(3)17(14)22-16(13)19-12/h4-11H,1-3H3/q+1. The Morgan fingerprint density at radius 1 is 1.23 bits per heavy atom. The summed E-state index contributed by atoms with van der Waals surface area (Å²) in [7, 11) is 4.13. The fourth-order valence-corrected chi connectivity index (χ4v) is 3.08. The summed E-state index contributed by atoms with van der Waals surface area (Å²) in [6.07, 6.45) is 4.21. The molecule has 0 aliphatic carbocycles. The first-order chi connectivity index (χ1) is 10.6. The van der Waals surface area contributed by atoms with E-state index in [1.807, 2.05) is 19.1 Å². The summed E-state index contributed by atoms with van der Waals surface area (Å²) in [4.78, 5) is 6.67. The van der Waals surface area contributed by atoms with Gasteiger partial charge in [0, 0.05) is 22.7 Å². The predicted molar refractivity (Wildman–Crippen MR) is 89.2 cm³/mol. The van der Waals surface area contributed by atoms with Crippen molar-refractivity contribution in [2.75, 3.05) is 11.9 Å². The van der Waals surface area contributed by atoms with Crippen molar-refractivity contribution in [3.63, 3.8) is 0 Å². The fraction of sp³-hybridized carbons (Fsp3) is 0.176. The first-order valence-corrected chi connectivity index (χ1v) is 7.41. The van der Waals surface area contributed by atoms with Gasteiger partial charge in [0.2, 0.25) is 5.71 Å². The number of anilines is 1. The van der Waals surface area contributed by atoms with Gasteiger partial charge in [-0.05, 0) is 32.2 Å². The third kappa shape index (κ3) is 1.85. The minimum atomic E-state index is 0.153. The summed E-state index contributed by atoms with van der Waals surface area (Å²) in [6, 6.07) is 10.4. The van der Waals surface area contributed by atoms with Crippen LogP contribution in [0.5, 0.6) is 0 Å². The Morgan fingerprint density at radius 2 is 2.09 bits per heavy atom. The molecule has 0 N–H and O–H groups in total. The van der Waals surface area contributed by atoms with Crippen LogP contribution in [0.4, 0.5) is 5.88 Å². The molecular weight excluding hydrogens is 273 g/mol. The van der Waals surface area contributed by atoms with Crippen LogP contribution in [-0.4, -0.2) is 18.9 Å². The van der Waals surface area contributed by atoms with Gasteiger partial charge < -0.3 is 9.23 Å². The van der Waals surface area contributed by atoms with Crippen molar-refractivity contribution >= 4 is 35.5 Å². The molecule has 3 aromatic heterocycles. The maximum absolute atomic E-state index is 6.03. The number of rotatable bonds is 1. The molecule has 3 aromatic rings. The van der Waals surface area contributed by atoms with Gasteiger partial charge in [0.05, 0.1) is 0 Å². The average Bonchev–Trinajstić information content (AvgIpc) is 2.87. The van der Waals surface area contributed by atoms with Crippen LogP contribution in [0, 0.1) is 6.92 Å². The second-order valence-corrected chi connectivity index (χ2v) is 5.78. The van der Waals surface area contributed by atoms with Gasteiger partial charge in [-0.1, -0.05) is 18.1 Å². The minimum absolute atomic E-state index is 0.153. The predicted octanol–water partition coefficient (Wildman–Crippen LogP) is 1.86. The summed E-state index contributed by atoms with van der Waals surface area (Å²) in [6.45, 7) is 2.13. The second kappa shape index (κ2) is 4.73. The van der Waals surface area contributed by atoms with Crippen LogP contribution in [0.1, 0.15) is 11.3 Å². The van der Waals surface area contributed by atoms with Crippen molar-refractivity contribution in [3.05, 3.63) is 53.8 Å². The number of aromatic nitrogens is 2. The molecule has 4 nitrogen and oxygen atoms in total. The van der Waals surface area contributed by atoms with E-state index < -0.39 is 0 Å². The normalized spacial score (nSPS) is 13.8. The maximum Gasteiger partial charge on any atom is 0.398 e.